The zero-order valence-electron chi connectivity index (χ0n) is 53.0. The van der Waals surface area contributed by atoms with Crippen LogP contribution in [0.25, 0.3) is 22.1 Å². The van der Waals surface area contributed by atoms with Crippen LogP contribution in [0.2, 0.25) is 0 Å². The molecule has 0 radical (unpaired) electrons. The number of hydrogen-bond donors (Lipinski definition) is 19. The summed E-state index contributed by atoms with van der Waals surface area (Å²) >= 11 is 1.96. The van der Waals surface area contributed by atoms with Gasteiger partial charge < -0.3 is 127 Å². The number of hydrogen-bond acceptors (Lipinski definition) is 27. The van der Waals surface area contributed by atoms with Gasteiger partial charge in [0, 0.05) is 47.7 Å². The van der Waals surface area contributed by atoms with Crippen molar-refractivity contribution in [3.05, 3.63) is 59.6 Å². The van der Waals surface area contributed by atoms with E-state index in [1.54, 1.807) is 16.8 Å². The zero-order valence-corrected chi connectivity index (χ0v) is 55.1. The Morgan fingerprint density at radius 3 is 1.49 bits per heavy atom. The first-order valence-corrected chi connectivity index (χ1v) is 30.4. The van der Waals surface area contributed by atoms with Crippen LogP contribution in [-0.2, 0) is 42.9 Å². The number of aromatic amines is 2. The van der Waals surface area contributed by atoms with Crippen LogP contribution in [-0.4, -0.2) is 255 Å². The van der Waals surface area contributed by atoms with Crippen molar-refractivity contribution in [1.29, 1.82) is 0 Å². The van der Waals surface area contributed by atoms with Crippen molar-refractivity contribution in [2.24, 2.45) is 10.7 Å². The molecule has 46 heteroatoms. The molecule has 4 aliphatic rings. The van der Waals surface area contributed by atoms with Gasteiger partial charge in [0.15, 0.2) is 30.0 Å². The van der Waals surface area contributed by atoms with Crippen molar-refractivity contribution >= 4 is 92.3 Å². The molecule has 22 N–H and O–H groups in total. The lowest BCUT2D eigenvalue weighted by Crippen LogP contribution is -2.38. The van der Waals surface area contributed by atoms with Crippen molar-refractivity contribution in [3.8, 4) is 48.4 Å². The lowest BCUT2D eigenvalue weighted by Gasteiger charge is -2.22. The standard InChI is InChI=1S/C18H22F3N5O6.C16H19N5O6.C11H13IN4O5.C7H8F3NO2.C5H4F3NO/c19-18(20,21)17(30)23-3-5-31-4-1-2-9-6-26(15-11(9)14(22)24-8-25-15)16-13(29)12(28)10(7-27)32-16;1-7(23)18-4-2-3-8-5-21(13-10(8)14(26)20-16(17)19-13)15-12(25)11(24)9(6-22)27-15;12-3-1-16(8-5(3)9(20)15-11(13)14-8)10-7(19)6(18)4(2-17)21-10;1-2-4-13-5-3-11-6(12)7(8,9)10;1-2-3-9-4(10)5(6,7)8/h6,8,10,12-14,16,27-29H,3-5,7,22H2,(H,23,30)(H,24,25);5,9,11-12,15,22,24-25H,4,6H2,1H3,(H,18,23)(H3,17,19,20,26);1,4,6-7,10,17-19H,2H2,(H3,13,14,15,20);1H,3-5H2,(H,11,12);1H,3H2,(H,9,10). The fourth-order valence-electron chi connectivity index (χ4n) is 9.26. The first-order valence-electron chi connectivity index (χ1n) is 29.3. The summed E-state index contributed by atoms with van der Waals surface area (Å²) in [6, 6.07) is 0. The first kappa shape index (κ1) is 84.5. The summed E-state index contributed by atoms with van der Waals surface area (Å²) in [5.41, 5.74) is 17.8. The smallest absolute Gasteiger partial charge is 0.394 e. The molecule has 3 fully saturated rings. The summed E-state index contributed by atoms with van der Waals surface area (Å²) in [6.45, 7) is -1.25. The molecule has 13 atom stereocenters. The highest BCUT2D eigenvalue weighted by Gasteiger charge is 2.48. The fraction of sp³-hybridized carbons (Fsp3) is 0.491. The number of alkyl halides is 9. The number of nitrogens with zero attached hydrogens (tertiary/aromatic N) is 6. The number of fused-ring (bicyclic) bond motifs is 3. The van der Waals surface area contributed by atoms with Gasteiger partial charge in [-0.05, 0) is 22.6 Å². The lowest BCUT2D eigenvalue weighted by molar-refractivity contribution is -0.173. The van der Waals surface area contributed by atoms with Gasteiger partial charge in [-0.15, -0.1) is 12.8 Å². The van der Waals surface area contributed by atoms with E-state index in [4.69, 9.17) is 47.7 Å². The van der Waals surface area contributed by atoms with Gasteiger partial charge in [0.2, 0.25) is 17.8 Å². The molecule has 564 valence electrons. The number of rotatable bonds is 16. The molecule has 0 saturated carbocycles. The summed E-state index contributed by atoms with van der Waals surface area (Å²) in [6.07, 6.45) is -13.8. The van der Waals surface area contributed by atoms with E-state index in [0.717, 1.165) is 0 Å². The number of anilines is 3. The van der Waals surface area contributed by atoms with Crippen molar-refractivity contribution in [3.63, 3.8) is 0 Å². The van der Waals surface area contributed by atoms with Crippen LogP contribution >= 0.6 is 22.6 Å². The Kier molecular flexibility index (Phi) is 31.0. The van der Waals surface area contributed by atoms with Crippen LogP contribution in [0.3, 0.4) is 0 Å². The number of terminal acetylenes is 2. The van der Waals surface area contributed by atoms with Crippen molar-refractivity contribution in [2.45, 2.75) is 105 Å². The molecule has 0 spiro atoms. The molecule has 5 aromatic rings. The van der Waals surface area contributed by atoms with E-state index < -0.39 is 154 Å². The second-order valence-electron chi connectivity index (χ2n) is 21.1. The Morgan fingerprint density at radius 1 is 0.612 bits per heavy atom. The van der Waals surface area contributed by atoms with Gasteiger partial charge in [0.25, 0.3) is 11.1 Å². The van der Waals surface area contributed by atoms with E-state index in [0.29, 0.717) is 25.9 Å². The number of aliphatic hydroxyl groups excluding tert-OH is 9. The molecule has 13 unspecified atom stereocenters. The number of halogens is 10. The number of carbonyl (C=O) groups excluding carboxylic acids is 4. The summed E-state index contributed by atoms with van der Waals surface area (Å²) in [4.78, 5) is 82.9. The van der Waals surface area contributed by atoms with E-state index in [9.17, 15) is 109 Å². The van der Waals surface area contributed by atoms with Crippen LogP contribution in [0.4, 0.5) is 57.2 Å². The topological polar surface area (TPSA) is 553 Å². The predicted octanol–water partition coefficient (Wildman–Crippen LogP) is -4.90. The van der Waals surface area contributed by atoms with E-state index in [1.165, 1.54) is 44.7 Å². The van der Waals surface area contributed by atoms with Gasteiger partial charge in [-0.3, -0.25) is 43.7 Å². The predicted molar refractivity (Wildman–Crippen MR) is 344 cm³/mol. The van der Waals surface area contributed by atoms with Crippen LogP contribution < -0.4 is 54.9 Å². The highest BCUT2D eigenvalue weighted by atomic mass is 127. The quantitative estimate of drug-likeness (QED) is 0.0191. The number of nitrogens with two attached hydrogens (primary N) is 3. The normalized spacial score (nSPS) is 23.1. The first-order chi connectivity index (χ1) is 48.4. The number of carbonyl (C=O) groups is 4. The Morgan fingerprint density at radius 2 is 1.04 bits per heavy atom. The Labute approximate surface area is 586 Å². The maximum absolute atomic E-state index is 12.3. The summed E-state index contributed by atoms with van der Waals surface area (Å²) in [7, 11) is 0. The van der Waals surface area contributed by atoms with Crippen LogP contribution in [0.15, 0.2) is 33.2 Å². The summed E-state index contributed by atoms with van der Waals surface area (Å²) < 4.78 is 136. The Balaban J connectivity index is 0.000000245. The highest BCUT2D eigenvalue weighted by Crippen LogP contribution is 2.39. The largest absolute Gasteiger partial charge is 0.471 e. The molecular weight excluding hydrogens is 1530 g/mol. The average molecular weight is 1590 g/mol. The lowest BCUT2D eigenvalue weighted by atomic mass is 10.1. The number of aromatic nitrogens is 7. The number of ether oxygens (including phenoxy) is 5. The molecule has 103 heavy (non-hydrogen) atoms. The number of nitrogen functional groups attached to an aromatic ring is 2. The monoisotopic (exact) mass is 1590 g/mol. The minimum atomic E-state index is -4.95. The second kappa shape index (κ2) is 37.8. The van der Waals surface area contributed by atoms with E-state index in [2.05, 4.69) is 76.3 Å². The minimum Gasteiger partial charge on any atom is -0.394 e. The summed E-state index contributed by atoms with van der Waals surface area (Å²) in [5.74, 6) is 8.90. The third kappa shape index (κ3) is 22.4. The molecular formula is C57H66F9IN16O20. The highest BCUT2D eigenvalue weighted by molar-refractivity contribution is 14.1. The van der Waals surface area contributed by atoms with Gasteiger partial charge in [0.05, 0.1) is 74.4 Å². The third-order valence-corrected chi connectivity index (χ3v) is 14.8. The van der Waals surface area contributed by atoms with Gasteiger partial charge in [0.1, 0.15) is 80.1 Å². The van der Waals surface area contributed by atoms with Gasteiger partial charge in [-0.1, -0.05) is 35.5 Å². The van der Waals surface area contributed by atoms with Gasteiger partial charge in [-0.2, -0.15) is 49.5 Å². The molecule has 36 nitrogen and oxygen atoms in total. The van der Waals surface area contributed by atoms with Gasteiger partial charge >= 0.3 is 36.3 Å². The van der Waals surface area contributed by atoms with Crippen molar-refractivity contribution in [2.75, 3.05) is 89.2 Å². The maximum atomic E-state index is 12.3. The van der Waals surface area contributed by atoms with E-state index in [1.807, 2.05) is 28.5 Å². The van der Waals surface area contributed by atoms with Crippen molar-refractivity contribution in [1.82, 2.24) is 54.9 Å². The SMILES string of the molecule is C#CCNC(=O)C(F)(F)F.C#CCOCCNC(=O)C(F)(F)F.CC(=O)NCC#Cc1cn(C2OC(CO)C(O)C2O)c2nc(N)[nH]c(=O)c12.NC1N=CNc2c1c(C#CCOCCNC(=O)C(F)(F)F)cn2C1OC(CO)C(O)C1O.Nc1nc2c(c(I)cn2C2OC(CO)C(O)C2O)c(=O)[nH]1. The third-order valence-electron chi connectivity index (χ3n) is 14.0. The number of aliphatic hydroxyl groups is 9. The molecule has 3 saturated heterocycles. The molecule has 0 bridgehead atoms. The average Bonchev–Trinajstić information content (AvgIpc) is 1.62. The zero-order chi connectivity index (χ0) is 77.0. The van der Waals surface area contributed by atoms with E-state index >= 15 is 0 Å². The number of aliphatic imine (C=N–C) groups is 1. The van der Waals surface area contributed by atoms with Crippen LogP contribution in [0.1, 0.15) is 48.5 Å². The Bertz CT molecular complexity index is 4150. The molecule has 9 heterocycles. The second-order valence-corrected chi connectivity index (χ2v) is 22.3. The molecule has 0 aromatic carbocycles. The van der Waals surface area contributed by atoms with Crippen LogP contribution in [0.5, 0.6) is 0 Å². The molecule has 5 aromatic heterocycles. The van der Waals surface area contributed by atoms with Crippen LogP contribution in [0, 0.1) is 51.9 Å². The number of H-pyrrole nitrogens is 2. The fourth-order valence-corrected chi connectivity index (χ4v) is 10.0. The number of nitrogens with one attached hydrogen (secondary N) is 7. The summed E-state index contributed by atoms with van der Waals surface area (Å²) in [5, 5.41) is 98.8. The maximum Gasteiger partial charge on any atom is 0.471 e. The van der Waals surface area contributed by atoms with E-state index in [-0.39, 0.29) is 86.1 Å². The molecule has 4 aliphatic heterocycles. The number of amides is 4. The minimum absolute atomic E-state index is 0.0158. The molecule has 4 amide bonds. The Hall–Kier alpha value is -9.19. The molecule has 9 rings (SSSR count). The molecule has 0 aliphatic carbocycles. The van der Waals surface area contributed by atoms with Crippen molar-refractivity contribution < 1.29 is 128 Å². The van der Waals surface area contributed by atoms with Gasteiger partial charge in [-0.25, -0.2) is 0 Å².